The molecule has 1 atom stereocenters. The average Bonchev–Trinajstić information content (AvgIpc) is 2.83. The highest BCUT2D eigenvalue weighted by Gasteiger charge is 2.40. The second kappa shape index (κ2) is 7.20. The fourth-order valence-corrected chi connectivity index (χ4v) is 3.62. The normalized spacial score (nSPS) is 17.7. The summed E-state index contributed by atoms with van der Waals surface area (Å²) in [7, 11) is 0. The second-order valence-electron chi connectivity index (χ2n) is 5.37. The Hall–Kier alpha value is -2.19. The maximum absolute atomic E-state index is 12.5. The lowest BCUT2D eigenvalue weighted by molar-refractivity contribution is -0.274. The molecule has 0 N–H and O–H groups in total. The lowest BCUT2D eigenvalue weighted by Gasteiger charge is -2.16. The first-order valence-corrected chi connectivity index (χ1v) is 8.63. The number of halogens is 4. The summed E-state index contributed by atoms with van der Waals surface area (Å²) in [4.78, 5) is 26.5. The van der Waals surface area contributed by atoms with Crippen LogP contribution in [0.5, 0.6) is 5.75 Å². The van der Waals surface area contributed by atoms with Gasteiger partial charge in [-0.05, 0) is 48.5 Å². The van der Waals surface area contributed by atoms with Crippen LogP contribution in [0.3, 0.4) is 0 Å². The van der Waals surface area contributed by atoms with Crippen molar-refractivity contribution in [3.8, 4) is 5.75 Å². The van der Waals surface area contributed by atoms with Crippen molar-refractivity contribution in [2.75, 3.05) is 4.90 Å². The molecule has 1 aliphatic rings. The summed E-state index contributed by atoms with van der Waals surface area (Å²) in [6, 6.07) is 11.5. The molecule has 4 nitrogen and oxygen atoms in total. The summed E-state index contributed by atoms with van der Waals surface area (Å²) in [5, 5.41) is -0.0410. The number of anilines is 1. The predicted octanol–water partition coefficient (Wildman–Crippen LogP) is 4.66. The van der Waals surface area contributed by atoms with Gasteiger partial charge in [-0.1, -0.05) is 11.6 Å². The van der Waals surface area contributed by atoms with Crippen molar-refractivity contribution in [3.63, 3.8) is 0 Å². The number of hydrogen-bond donors (Lipinski definition) is 0. The number of amides is 2. The zero-order chi connectivity index (χ0) is 18.9. The minimum Gasteiger partial charge on any atom is -0.406 e. The van der Waals surface area contributed by atoms with Gasteiger partial charge in [0.05, 0.1) is 10.9 Å². The molecular formula is C17H11ClF3NO3S. The van der Waals surface area contributed by atoms with Gasteiger partial charge in [-0.15, -0.1) is 24.9 Å². The van der Waals surface area contributed by atoms with Crippen LogP contribution in [0, 0.1) is 0 Å². The van der Waals surface area contributed by atoms with Crippen LogP contribution in [0.4, 0.5) is 18.9 Å². The van der Waals surface area contributed by atoms with Crippen LogP contribution in [0.15, 0.2) is 53.4 Å². The molecule has 3 rings (SSSR count). The molecule has 0 bridgehead atoms. The fraction of sp³-hybridized carbons (Fsp3) is 0.176. The molecule has 0 saturated carbocycles. The van der Waals surface area contributed by atoms with Crippen molar-refractivity contribution in [2.24, 2.45) is 0 Å². The number of benzene rings is 2. The number of ether oxygens (including phenoxy) is 1. The van der Waals surface area contributed by atoms with Crippen molar-refractivity contribution < 1.29 is 27.5 Å². The van der Waals surface area contributed by atoms with Gasteiger partial charge in [-0.25, -0.2) is 4.90 Å². The molecule has 0 spiro atoms. The van der Waals surface area contributed by atoms with E-state index >= 15 is 0 Å². The largest absolute Gasteiger partial charge is 0.573 e. The Kier molecular flexibility index (Phi) is 5.15. The SMILES string of the molecule is O=C1C[C@@H](Sc2ccc(Cl)cc2)C(=O)N1c1ccc(OC(F)(F)F)cc1. The lowest BCUT2D eigenvalue weighted by Crippen LogP contribution is -2.31. The lowest BCUT2D eigenvalue weighted by atomic mass is 10.3. The van der Waals surface area contributed by atoms with Gasteiger partial charge in [0.15, 0.2) is 0 Å². The molecule has 1 aliphatic heterocycles. The number of imide groups is 1. The van der Waals surface area contributed by atoms with Crippen molar-refractivity contribution in [2.45, 2.75) is 22.9 Å². The molecule has 9 heteroatoms. The summed E-state index contributed by atoms with van der Waals surface area (Å²) in [5.74, 6) is -1.25. The van der Waals surface area contributed by atoms with E-state index in [0.29, 0.717) is 5.02 Å². The standard InChI is InChI=1S/C17H11ClF3NO3S/c18-10-1-7-13(8-2-10)26-14-9-15(23)22(16(14)24)11-3-5-12(6-4-11)25-17(19,20)21/h1-8,14H,9H2/t14-/m1/s1. The summed E-state index contributed by atoms with van der Waals surface area (Å²) >= 11 is 7.05. The number of carbonyl (C=O) groups is 2. The van der Waals surface area contributed by atoms with Crippen LogP contribution >= 0.6 is 23.4 Å². The Morgan fingerprint density at radius 2 is 1.65 bits per heavy atom. The van der Waals surface area contributed by atoms with Crippen LogP contribution in [0.1, 0.15) is 6.42 Å². The first kappa shape index (κ1) is 18.6. The Morgan fingerprint density at radius 1 is 1.04 bits per heavy atom. The van der Waals surface area contributed by atoms with Gasteiger partial charge < -0.3 is 4.74 Å². The van der Waals surface area contributed by atoms with Crippen LogP contribution in [-0.2, 0) is 9.59 Å². The van der Waals surface area contributed by atoms with Gasteiger partial charge in [0, 0.05) is 16.3 Å². The molecule has 26 heavy (non-hydrogen) atoms. The van der Waals surface area contributed by atoms with E-state index in [1.165, 1.54) is 23.9 Å². The van der Waals surface area contributed by atoms with E-state index in [0.717, 1.165) is 21.9 Å². The van der Waals surface area contributed by atoms with Gasteiger partial charge in [0.25, 0.3) is 0 Å². The number of hydrogen-bond acceptors (Lipinski definition) is 4. The van der Waals surface area contributed by atoms with E-state index in [4.69, 9.17) is 11.6 Å². The zero-order valence-electron chi connectivity index (χ0n) is 13.0. The van der Waals surface area contributed by atoms with Gasteiger partial charge >= 0.3 is 6.36 Å². The van der Waals surface area contributed by atoms with Crippen molar-refractivity contribution in [3.05, 3.63) is 53.6 Å². The third kappa shape index (κ3) is 4.31. The molecule has 0 radical (unpaired) electrons. The highest BCUT2D eigenvalue weighted by Crippen LogP contribution is 2.35. The Morgan fingerprint density at radius 3 is 2.23 bits per heavy atom. The summed E-state index contributed by atoms with van der Waals surface area (Å²) < 4.78 is 40.4. The van der Waals surface area contributed by atoms with Crippen LogP contribution in [0.2, 0.25) is 5.02 Å². The van der Waals surface area contributed by atoms with Crippen molar-refractivity contribution in [1.29, 1.82) is 0 Å². The van der Waals surface area contributed by atoms with E-state index in [-0.39, 0.29) is 12.1 Å². The molecule has 0 unspecified atom stereocenters. The van der Waals surface area contributed by atoms with Crippen LogP contribution in [0.25, 0.3) is 0 Å². The van der Waals surface area contributed by atoms with E-state index in [2.05, 4.69) is 4.74 Å². The van der Waals surface area contributed by atoms with Gasteiger partial charge in [0.2, 0.25) is 11.8 Å². The molecule has 1 heterocycles. The minimum absolute atomic E-state index is 0.00687. The van der Waals surface area contributed by atoms with Crippen molar-refractivity contribution >= 4 is 40.9 Å². The quantitative estimate of drug-likeness (QED) is 0.699. The molecule has 2 amide bonds. The zero-order valence-corrected chi connectivity index (χ0v) is 14.6. The van der Waals surface area contributed by atoms with Crippen LogP contribution < -0.4 is 9.64 Å². The van der Waals surface area contributed by atoms with E-state index in [9.17, 15) is 22.8 Å². The molecule has 1 fully saturated rings. The average molecular weight is 402 g/mol. The molecule has 0 aliphatic carbocycles. The second-order valence-corrected chi connectivity index (χ2v) is 7.09. The monoisotopic (exact) mass is 401 g/mol. The number of alkyl halides is 3. The maximum Gasteiger partial charge on any atom is 0.573 e. The van der Waals surface area contributed by atoms with Gasteiger partial charge in [0.1, 0.15) is 5.75 Å². The predicted molar refractivity (Wildman–Crippen MR) is 91.3 cm³/mol. The molecule has 136 valence electrons. The highest BCUT2D eigenvalue weighted by atomic mass is 35.5. The number of rotatable bonds is 4. The first-order chi connectivity index (χ1) is 12.2. The topological polar surface area (TPSA) is 46.6 Å². The van der Waals surface area contributed by atoms with Gasteiger partial charge in [-0.2, -0.15) is 0 Å². The third-order valence-electron chi connectivity index (χ3n) is 3.53. The maximum atomic E-state index is 12.5. The smallest absolute Gasteiger partial charge is 0.406 e. The summed E-state index contributed by atoms with van der Waals surface area (Å²) in [5.41, 5.74) is 0.203. The fourth-order valence-electron chi connectivity index (χ4n) is 2.44. The Balaban J connectivity index is 1.73. The minimum atomic E-state index is -4.80. The first-order valence-electron chi connectivity index (χ1n) is 7.38. The van der Waals surface area contributed by atoms with Crippen LogP contribution in [-0.4, -0.2) is 23.4 Å². The Bertz CT molecular complexity index is 825. The molecule has 0 aromatic heterocycles. The summed E-state index contributed by atoms with van der Waals surface area (Å²) in [6.07, 6.45) is -4.80. The van der Waals surface area contributed by atoms with E-state index < -0.39 is 29.2 Å². The molecule has 2 aromatic carbocycles. The van der Waals surface area contributed by atoms with Gasteiger partial charge in [-0.3, -0.25) is 9.59 Å². The van der Waals surface area contributed by atoms with E-state index in [1.54, 1.807) is 24.3 Å². The Labute approximate surface area is 155 Å². The number of nitrogens with zero attached hydrogens (tertiary/aromatic N) is 1. The van der Waals surface area contributed by atoms with E-state index in [1.807, 2.05) is 0 Å². The van der Waals surface area contributed by atoms with Crippen molar-refractivity contribution in [1.82, 2.24) is 0 Å². The summed E-state index contributed by atoms with van der Waals surface area (Å²) in [6.45, 7) is 0. The number of carbonyl (C=O) groups excluding carboxylic acids is 2. The highest BCUT2D eigenvalue weighted by molar-refractivity contribution is 8.00. The molecular weight excluding hydrogens is 391 g/mol. The third-order valence-corrected chi connectivity index (χ3v) is 4.97. The molecule has 2 aromatic rings. The number of thioether (sulfide) groups is 1. The molecule has 1 saturated heterocycles.